The lowest BCUT2D eigenvalue weighted by Crippen LogP contribution is -2.08. The van der Waals surface area contributed by atoms with E-state index in [1.165, 1.54) is 15.8 Å². The van der Waals surface area contributed by atoms with Crippen molar-refractivity contribution >= 4 is 26.7 Å². The number of fused-ring (bicyclic) bond motifs is 1. The third-order valence-corrected chi connectivity index (χ3v) is 4.12. The predicted octanol–water partition coefficient (Wildman–Crippen LogP) is 4.56. The first-order valence-corrected chi connectivity index (χ1v) is 7.54. The monoisotopic (exact) mass is 278 g/mol. The molecule has 0 saturated carbocycles. The molecule has 0 aliphatic carbocycles. The van der Waals surface area contributed by atoms with Crippen molar-refractivity contribution in [1.82, 2.24) is 4.98 Å². The second-order valence-electron chi connectivity index (χ2n) is 5.37. The maximum Gasteiger partial charge on any atom is 0.183 e. The van der Waals surface area contributed by atoms with E-state index in [0.717, 1.165) is 16.4 Å². The molecule has 0 fully saturated rings. The van der Waals surface area contributed by atoms with Crippen LogP contribution in [0.25, 0.3) is 10.2 Å². The Morgan fingerprint density at radius 2 is 1.95 bits per heavy atom. The van der Waals surface area contributed by atoms with Gasteiger partial charge in [0.15, 0.2) is 5.13 Å². The van der Waals surface area contributed by atoms with Gasteiger partial charge in [0, 0.05) is 12.6 Å². The highest BCUT2D eigenvalue weighted by atomic mass is 32.1. The molecule has 0 aliphatic heterocycles. The van der Waals surface area contributed by atoms with E-state index in [9.17, 15) is 0 Å². The summed E-state index contributed by atoms with van der Waals surface area (Å²) in [5.74, 6) is 1.42. The van der Waals surface area contributed by atoms with Crippen LogP contribution >= 0.6 is 11.3 Å². The summed E-state index contributed by atoms with van der Waals surface area (Å²) in [7, 11) is 1.91. The SMILES string of the molecule is CNc1nc2c(C)cc(OC(C)C)c(C(C)C)c2s1. The Morgan fingerprint density at radius 3 is 2.47 bits per heavy atom. The Morgan fingerprint density at radius 1 is 1.26 bits per heavy atom. The fourth-order valence-electron chi connectivity index (χ4n) is 2.23. The van der Waals surface area contributed by atoms with Crippen LogP contribution in [0, 0.1) is 6.92 Å². The molecule has 0 spiro atoms. The summed E-state index contributed by atoms with van der Waals surface area (Å²) in [5.41, 5.74) is 3.54. The van der Waals surface area contributed by atoms with Gasteiger partial charge in [-0.15, -0.1) is 0 Å². The van der Waals surface area contributed by atoms with Crippen molar-refractivity contribution in [2.45, 2.75) is 46.6 Å². The van der Waals surface area contributed by atoms with Crippen LogP contribution in [-0.2, 0) is 0 Å². The van der Waals surface area contributed by atoms with Crippen molar-refractivity contribution in [1.29, 1.82) is 0 Å². The van der Waals surface area contributed by atoms with Crippen LogP contribution in [0.2, 0.25) is 0 Å². The first-order valence-electron chi connectivity index (χ1n) is 6.72. The predicted molar refractivity (Wildman–Crippen MR) is 83.8 cm³/mol. The number of benzene rings is 1. The van der Waals surface area contributed by atoms with Gasteiger partial charge in [0.25, 0.3) is 0 Å². The van der Waals surface area contributed by atoms with Crippen molar-refractivity contribution in [2.75, 3.05) is 12.4 Å². The number of nitrogens with one attached hydrogen (secondary N) is 1. The van der Waals surface area contributed by atoms with Crippen LogP contribution < -0.4 is 10.1 Å². The molecule has 4 heteroatoms. The minimum Gasteiger partial charge on any atom is -0.491 e. The molecule has 0 amide bonds. The molecule has 0 bridgehead atoms. The number of aromatic nitrogens is 1. The van der Waals surface area contributed by atoms with Gasteiger partial charge in [0.2, 0.25) is 0 Å². The van der Waals surface area contributed by atoms with Crippen LogP contribution in [0.1, 0.15) is 44.7 Å². The number of hydrogen-bond donors (Lipinski definition) is 1. The Bertz CT molecular complexity index is 587. The van der Waals surface area contributed by atoms with E-state index in [0.29, 0.717) is 5.92 Å². The Balaban J connectivity index is 2.71. The minimum absolute atomic E-state index is 0.186. The van der Waals surface area contributed by atoms with Gasteiger partial charge >= 0.3 is 0 Å². The van der Waals surface area contributed by atoms with Gasteiger partial charge in [0.05, 0.1) is 16.3 Å². The molecule has 0 saturated heterocycles. The van der Waals surface area contributed by atoms with E-state index in [4.69, 9.17) is 4.74 Å². The van der Waals surface area contributed by atoms with Crippen molar-refractivity contribution in [3.05, 3.63) is 17.2 Å². The molecule has 2 rings (SSSR count). The maximum absolute atomic E-state index is 6.00. The lowest BCUT2D eigenvalue weighted by Gasteiger charge is -2.18. The van der Waals surface area contributed by atoms with Crippen molar-refractivity contribution in [2.24, 2.45) is 0 Å². The number of nitrogens with zero attached hydrogens (tertiary/aromatic N) is 1. The zero-order chi connectivity index (χ0) is 14.2. The molecule has 3 nitrogen and oxygen atoms in total. The highest BCUT2D eigenvalue weighted by Gasteiger charge is 2.18. The number of rotatable bonds is 4. The fraction of sp³-hybridized carbons (Fsp3) is 0.533. The average molecular weight is 278 g/mol. The molecule has 1 N–H and O–H groups in total. The number of aryl methyl sites for hydroxylation is 1. The molecular weight excluding hydrogens is 256 g/mol. The lowest BCUT2D eigenvalue weighted by molar-refractivity contribution is 0.239. The molecule has 2 aromatic rings. The normalized spacial score (nSPS) is 11.6. The average Bonchev–Trinajstić information content (AvgIpc) is 2.72. The standard InChI is InChI=1S/C15H22N2OS/c1-8(2)12-11(18-9(3)4)7-10(5)13-14(12)19-15(16-6)17-13/h7-9H,1-6H3,(H,16,17). The number of anilines is 1. The molecule has 0 unspecified atom stereocenters. The fourth-order valence-corrected chi connectivity index (χ4v) is 3.41. The molecule has 0 atom stereocenters. The van der Waals surface area contributed by atoms with Gasteiger partial charge in [-0.1, -0.05) is 25.2 Å². The first kappa shape index (κ1) is 14.1. The highest BCUT2D eigenvalue weighted by Crippen LogP contribution is 2.40. The van der Waals surface area contributed by atoms with Crippen LogP contribution in [0.4, 0.5) is 5.13 Å². The van der Waals surface area contributed by atoms with Crippen molar-refractivity contribution < 1.29 is 4.74 Å². The van der Waals surface area contributed by atoms with Crippen LogP contribution in [0.5, 0.6) is 5.75 Å². The summed E-state index contributed by atoms with van der Waals surface area (Å²) in [6.45, 7) is 10.6. The van der Waals surface area contributed by atoms with E-state index in [1.54, 1.807) is 11.3 Å². The zero-order valence-electron chi connectivity index (χ0n) is 12.5. The third kappa shape index (κ3) is 2.68. The summed E-state index contributed by atoms with van der Waals surface area (Å²) in [4.78, 5) is 4.65. The molecule has 19 heavy (non-hydrogen) atoms. The van der Waals surface area contributed by atoms with Gasteiger partial charge in [-0.05, 0) is 38.3 Å². The smallest absolute Gasteiger partial charge is 0.183 e. The summed E-state index contributed by atoms with van der Waals surface area (Å²) in [6, 6.07) is 2.12. The van der Waals surface area contributed by atoms with E-state index in [1.807, 2.05) is 7.05 Å². The van der Waals surface area contributed by atoms with E-state index in [2.05, 4.69) is 51.0 Å². The maximum atomic E-state index is 6.00. The summed E-state index contributed by atoms with van der Waals surface area (Å²) in [6.07, 6.45) is 0.186. The summed E-state index contributed by atoms with van der Waals surface area (Å²) >= 11 is 1.71. The molecule has 1 aromatic carbocycles. The summed E-state index contributed by atoms with van der Waals surface area (Å²) < 4.78 is 7.24. The van der Waals surface area contributed by atoms with Gasteiger partial charge < -0.3 is 10.1 Å². The molecule has 1 heterocycles. The topological polar surface area (TPSA) is 34.2 Å². The highest BCUT2D eigenvalue weighted by molar-refractivity contribution is 7.22. The summed E-state index contributed by atoms with van der Waals surface area (Å²) in [5, 5.41) is 4.10. The number of hydrogen-bond acceptors (Lipinski definition) is 4. The second kappa shape index (κ2) is 5.37. The zero-order valence-corrected chi connectivity index (χ0v) is 13.3. The first-order chi connectivity index (χ1) is 8.93. The minimum atomic E-state index is 0.186. The van der Waals surface area contributed by atoms with Gasteiger partial charge in [0.1, 0.15) is 5.75 Å². The largest absolute Gasteiger partial charge is 0.491 e. The lowest BCUT2D eigenvalue weighted by atomic mass is 9.99. The number of ether oxygens (including phenoxy) is 1. The number of thiazole rings is 1. The Kier molecular flexibility index (Phi) is 3.99. The van der Waals surface area contributed by atoms with Crippen molar-refractivity contribution in [3.8, 4) is 5.75 Å². The van der Waals surface area contributed by atoms with Crippen molar-refractivity contribution in [3.63, 3.8) is 0 Å². The molecule has 0 radical (unpaired) electrons. The van der Waals surface area contributed by atoms with Gasteiger partial charge in [-0.2, -0.15) is 0 Å². The van der Waals surface area contributed by atoms with E-state index in [-0.39, 0.29) is 6.10 Å². The Hall–Kier alpha value is -1.29. The van der Waals surface area contributed by atoms with Crippen LogP contribution in [0.15, 0.2) is 6.07 Å². The molecule has 104 valence electrons. The quantitative estimate of drug-likeness (QED) is 0.890. The van der Waals surface area contributed by atoms with Gasteiger partial charge in [-0.25, -0.2) is 4.98 Å². The molecule has 0 aliphatic rings. The molecular formula is C15H22N2OS. The molecule has 1 aromatic heterocycles. The van der Waals surface area contributed by atoms with Crippen LogP contribution in [0.3, 0.4) is 0 Å². The van der Waals surface area contributed by atoms with E-state index >= 15 is 0 Å². The van der Waals surface area contributed by atoms with E-state index < -0.39 is 0 Å². The van der Waals surface area contributed by atoms with Crippen LogP contribution in [-0.4, -0.2) is 18.1 Å². The third-order valence-electron chi connectivity index (χ3n) is 3.01. The second-order valence-corrected chi connectivity index (χ2v) is 6.37. The Labute approximate surface area is 119 Å². The van der Waals surface area contributed by atoms with Gasteiger partial charge in [-0.3, -0.25) is 0 Å².